The second-order valence-corrected chi connectivity index (χ2v) is 7.26. The zero-order chi connectivity index (χ0) is 18.3. The molecule has 2 saturated heterocycles. The summed E-state index contributed by atoms with van der Waals surface area (Å²) in [6, 6.07) is 18.6. The first-order chi connectivity index (χ1) is 12.6. The molecule has 26 heavy (non-hydrogen) atoms. The molecule has 134 valence electrons. The van der Waals surface area contributed by atoms with E-state index in [0.29, 0.717) is 11.6 Å². The average Bonchev–Trinajstić information content (AvgIpc) is 3.12. The van der Waals surface area contributed by atoms with Gasteiger partial charge in [-0.3, -0.25) is 14.4 Å². The van der Waals surface area contributed by atoms with Gasteiger partial charge in [0.1, 0.15) is 0 Å². The second kappa shape index (κ2) is 6.57. The van der Waals surface area contributed by atoms with Crippen LogP contribution < -0.4 is 9.96 Å². The van der Waals surface area contributed by atoms with E-state index in [9.17, 15) is 9.59 Å². The fourth-order valence-electron chi connectivity index (χ4n) is 3.88. The van der Waals surface area contributed by atoms with Crippen molar-refractivity contribution >= 4 is 23.2 Å². The van der Waals surface area contributed by atoms with Crippen molar-refractivity contribution in [3.05, 3.63) is 60.7 Å². The molecule has 0 bridgehead atoms. The predicted octanol–water partition coefficient (Wildman–Crippen LogP) is 3.41. The number of imide groups is 1. The Kier molecular flexibility index (Phi) is 4.24. The highest BCUT2D eigenvalue weighted by Gasteiger charge is 2.59. The van der Waals surface area contributed by atoms with E-state index in [2.05, 4.69) is 13.8 Å². The van der Waals surface area contributed by atoms with Crippen LogP contribution in [0.15, 0.2) is 60.7 Å². The van der Waals surface area contributed by atoms with E-state index in [1.165, 1.54) is 4.90 Å². The van der Waals surface area contributed by atoms with Crippen LogP contribution in [0, 0.1) is 11.8 Å². The Morgan fingerprint density at radius 1 is 0.885 bits per heavy atom. The summed E-state index contributed by atoms with van der Waals surface area (Å²) in [5, 5.41) is 1.77. The van der Waals surface area contributed by atoms with Crippen LogP contribution in [0.5, 0.6) is 0 Å². The number of nitrogens with zero attached hydrogens (tertiary/aromatic N) is 2. The van der Waals surface area contributed by atoms with Crippen LogP contribution >= 0.6 is 0 Å². The van der Waals surface area contributed by atoms with Gasteiger partial charge in [-0.25, -0.2) is 9.96 Å². The lowest BCUT2D eigenvalue weighted by Crippen LogP contribution is -2.41. The minimum atomic E-state index is -0.758. The van der Waals surface area contributed by atoms with E-state index in [0.717, 1.165) is 12.1 Å². The van der Waals surface area contributed by atoms with Crippen LogP contribution in [-0.4, -0.2) is 24.0 Å². The highest BCUT2D eigenvalue weighted by Crippen LogP contribution is 2.42. The summed E-state index contributed by atoms with van der Waals surface area (Å²) >= 11 is 0. The normalized spacial score (nSPS) is 25.3. The molecule has 0 radical (unpaired) electrons. The van der Waals surface area contributed by atoms with Crippen LogP contribution in [-0.2, 0) is 14.4 Å². The second-order valence-electron chi connectivity index (χ2n) is 7.26. The Balaban J connectivity index is 1.70. The maximum Gasteiger partial charge on any atom is 0.266 e. The SMILES string of the molecule is CC(C)C[C@@H]1[C@H]2C(=O)N(c3ccccc3)C(=O)[C@H]2ON1c1ccccc1. The van der Waals surface area contributed by atoms with Crippen molar-refractivity contribution < 1.29 is 14.4 Å². The Bertz CT molecular complexity index is 807. The molecule has 2 aliphatic heterocycles. The maximum absolute atomic E-state index is 13.2. The first kappa shape index (κ1) is 16.8. The molecule has 0 aromatic heterocycles. The third-order valence-electron chi connectivity index (χ3n) is 4.98. The fourth-order valence-corrected chi connectivity index (χ4v) is 3.88. The lowest BCUT2D eigenvalue weighted by atomic mass is 9.90. The van der Waals surface area contributed by atoms with Crippen molar-refractivity contribution in [2.75, 3.05) is 9.96 Å². The molecule has 0 spiro atoms. The molecule has 2 aromatic carbocycles. The van der Waals surface area contributed by atoms with Gasteiger partial charge >= 0.3 is 0 Å². The third kappa shape index (κ3) is 2.69. The topological polar surface area (TPSA) is 49.9 Å². The molecule has 0 N–H and O–H groups in total. The summed E-state index contributed by atoms with van der Waals surface area (Å²) in [5.41, 5.74) is 1.48. The van der Waals surface area contributed by atoms with Gasteiger partial charge in [0.05, 0.1) is 23.3 Å². The van der Waals surface area contributed by atoms with Crippen molar-refractivity contribution in [3.63, 3.8) is 0 Å². The van der Waals surface area contributed by atoms with E-state index < -0.39 is 12.0 Å². The van der Waals surface area contributed by atoms with Crippen LogP contribution in [0.2, 0.25) is 0 Å². The van der Waals surface area contributed by atoms with Gasteiger partial charge in [-0.05, 0) is 36.6 Å². The fraction of sp³-hybridized carbons (Fsp3) is 0.333. The van der Waals surface area contributed by atoms with Gasteiger partial charge in [0, 0.05) is 0 Å². The lowest BCUT2D eigenvalue weighted by Gasteiger charge is -2.29. The van der Waals surface area contributed by atoms with Gasteiger partial charge in [-0.15, -0.1) is 0 Å². The largest absolute Gasteiger partial charge is 0.273 e. The molecule has 2 aromatic rings. The molecule has 2 aliphatic rings. The molecule has 2 fully saturated rings. The van der Waals surface area contributed by atoms with E-state index in [4.69, 9.17) is 4.84 Å². The van der Waals surface area contributed by atoms with Crippen molar-refractivity contribution in [1.29, 1.82) is 0 Å². The highest BCUT2D eigenvalue weighted by atomic mass is 16.7. The first-order valence-electron chi connectivity index (χ1n) is 9.02. The van der Waals surface area contributed by atoms with Crippen LogP contribution in [0.4, 0.5) is 11.4 Å². The Labute approximate surface area is 153 Å². The molecule has 4 rings (SSSR count). The number of hydroxylamine groups is 1. The van der Waals surface area contributed by atoms with Crippen molar-refractivity contribution in [2.45, 2.75) is 32.4 Å². The van der Waals surface area contributed by atoms with Crippen LogP contribution in [0.3, 0.4) is 0 Å². The van der Waals surface area contributed by atoms with E-state index in [1.807, 2.05) is 48.5 Å². The molecule has 2 heterocycles. The molecule has 5 nitrogen and oxygen atoms in total. The number of carbonyl (C=O) groups is 2. The van der Waals surface area contributed by atoms with E-state index >= 15 is 0 Å². The maximum atomic E-state index is 13.2. The number of rotatable bonds is 4. The first-order valence-corrected chi connectivity index (χ1v) is 9.02. The number of fused-ring (bicyclic) bond motifs is 1. The zero-order valence-electron chi connectivity index (χ0n) is 14.9. The molecular weight excluding hydrogens is 328 g/mol. The number of hydrogen-bond acceptors (Lipinski definition) is 4. The number of benzene rings is 2. The summed E-state index contributed by atoms with van der Waals surface area (Å²) in [6.45, 7) is 4.24. The molecule has 2 amide bonds. The lowest BCUT2D eigenvalue weighted by molar-refractivity contribution is -0.126. The number of anilines is 2. The van der Waals surface area contributed by atoms with Gasteiger partial charge in [-0.1, -0.05) is 50.2 Å². The molecule has 3 atom stereocenters. The van der Waals surface area contributed by atoms with Gasteiger partial charge in [0.15, 0.2) is 6.10 Å². The summed E-state index contributed by atoms with van der Waals surface area (Å²) < 4.78 is 0. The molecule has 5 heteroatoms. The Hall–Kier alpha value is -2.66. The number of carbonyl (C=O) groups excluding carboxylic acids is 2. The van der Waals surface area contributed by atoms with Crippen LogP contribution in [0.1, 0.15) is 20.3 Å². The zero-order valence-corrected chi connectivity index (χ0v) is 14.9. The van der Waals surface area contributed by atoms with E-state index in [-0.39, 0.29) is 17.9 Å². The monoisotopic (exact) mass is 350 g/mol. The van der Waals surface area contributed by atoms with Gasteiger partial charge in [-0.2, -0.15) is 0 Å². The summed E-state index contributed by atoms with van der Waals surface area (Å²) in [5.74, 6) is -0.554. The molecule has 0 unspecified atom stereocenters. The number of para-hydroxylation sites is 2. The quantitative estimate of drug-likeness (QED) is 0.793. The molecular formula is C21H22N2O3. The van der Waals surface area contributed by atoms with Crippen LogP contribution in [0.25, 0.3) is 0 Å². The Morgan fingerprint density at radius 3 is 2.04 bits per heavy atom. The number of amides is 2. The summed E-state index contributed by atoms with van der Waals surface area (Å²) in [6.07, 6.45) is 0.0178. The highest BCUT2D eigenvalue weighted by molar-refractivity contribution is 6.23. The standard InChI is InChI=1S/C21H22N2O3/c1-14(2)13-17-18-19(26-23(17)16-11-7-4-8-12-16)21(25)22(20(18)24)15-9-5-3-6-10-15/h3-12,14,17-19H,13H2,1-2H3/t17-,18-,19+/m1/s1. The molecule has 0 aliphatic carbocycles. The Morgan fingerprint density at radius 2 is 1.46 bits per heavy atom. The summed E-state index contributed by atoms with van der Waals surface area (Å²) in [4.78, 5) is 33.4. The van der Waals surface area contributed by atoms with Gasteiger partial charge < -0.3 is 0 Å². The van der Waals surface area contributed by atoms with Gasteiger partial charge in [0.25, 0.3) is 5.91 Å². The minimum absolute atomic E-state index is 0.160. The van der Waals surface area contributed by atoms with Gasteiger partial charge in [0.2, 0.25) is 5.91 Å². The minimum Gasteiger partial charge on any atom is -0.273 e. The molecule has 0 saturated carbocycles. The smallest absolute Gasteiger partial charge is 0.266 e. The van der Waals surface area contributed by atoms with Crippen molar-refractivity contribution in [1.82, 2.24) is 0 Å². The number of hydrogen-bond donors (Lipinski definition) is 0. The van der Waals surface area contributed by atoms with E-state index in [1.54, 1.807) is 17.2 Å². The third-order valence-corrected chi connectivity index (χ3v) is 4.98. The predicted molar refractivity (Wildman–Crippen MR) is 99.5 cm³/mol. The summed E-state index contributed by atoms with van der Waals surface area (Å²) in [7, 11) is 0. The average molecular weight is 350 g/mol. The van der Waals surface area contributed by atoms with Crippen molar-refractivity contribution in [3.8, 4) is 0 Å². The van der Waals surface area contributed by atoms with Crippen molar-refractivity contribution in [2.24, 2.45) is 11.8 Å².